The van der Waals surface area contributed by atoms with Crippen molar-refractivity contribution in [3.63, 3.8) is 0 Å². The molecule has 1 unspecified atom stereocenters. The van der Waals surface area contributed by atoms with E-state index < -0.39 is 11.1 Å². The molecule has 0 aromatic rings. The second-order valence-electron chi connectivity index (χ2n) is 2.67. The molecule has 0 aromatic heterocycles. The molecule has 1 saturated carbocycles. The smallest absolute Gasteiger partial charge is 0.153 e. The molecule has 1 fully saturated rings. The van der Waals surface area contributed by atoms with Gasteiger partial charge in [0.15, 0.2) is 11.1 Å². The van der Waals surface area contributed by atoms with Crippen LogP contribution in [0.1, 0.15) is 13.3 Å². The van der Waals surface area contributed by atoms with Crippen LogP contribution in [0.15, 0.2) is 12.2 Å². The summed E-state index contributed by atoms with van der Waals surface area (Å²) >= 11 is -1.59. The maximum absolute atomic E-state index is 10.3. The van der Waals surface area contributed by atoms with Crippen molar-refractivity contribution in [2.45, 2.75) is 13.3 Å². The minimum Gasteiger partial charge on any atom is -0.306 e. The molecule has 0 aromatic carbocycles. The monoisotopic (exact) mass is 160 g/mol. The first-order valence-electron chi connectivity index (χ1n) is 3.44. The van der Waals surface area contributed by atoms with Crippen LogP contribution in [0.2, 0.25) is 0 Å². The van der Waals surface area contributed by atoms with Crippen molar-refractivity contribution in [2.75, 3.05) is 5.75 Å². The first-order valence-corrected chi connectivity index (χ1v) is 4.72. The third kappa shape index (κ3) is 2.23. The van der Waals surface area contributed by atoms with E-state index in [9.17, 15) is 4.21 Å². The van der Waals surface area contributed by atoms with Crippen LogP contribution < -0.4 is 0 Å². The Hall–Kier alpha value is -0.150. The third-order valence-corrected chi connectivity index (χ3v) is 2.49. The molecule has 0 saturated heterocycles. The molecule has 0 radical (unpaired) electrons. The summed E-state index contributed by atoms with van der Waals surface area (Å²) in [5, 5.41) is 0. The molecule has 0 aliphatic heterocycles. The topological polar surface area (TPSA) is 37.3 Å². The molecule has 1 aliphatic rings. The summed E-state index contributed by atoms with van der Waals surface area (Å²) in [4.78, 5) is 0. The Labute approximate surface area is 63.6 Å². The lowest BCUT2D eigenvalue weighted by Crippen LogP contribution is -1.97. The van der Waals surface area contributed by atoms with Crippen LogP contribution in [-0.2, 0) is 11.1 Å². The molecule has 1 aliphatic carbocycles. The van der Waals surface area contributed by atoms with Crippen LogP contribution in [0.5, 0.6) is 0 Å². The lowest BCUT2D eigenvalue weighted by molar-refractivity contribution is 0.559. The fourth-order valence-electron chi connectivity index (χ4n) is 1.13. The second kappa shape index (κ2) is 3.30. The van der Waals surface area contributed by atoms with E-state index in [1.165, 1.54) is 0 Å². The SMILES string of the molecule is C/C=C/[C@@H]1C[C@@H]1CS(=O)O. The van der Waals surface area contributed by atoms with E-state index >= 15 is 0 Å². The number of rotatable bonds is 3. The molecule has 3 atom stereocenters. The molecule has 10 heavy (non-hydrogen) atoms. The van der Waals surface area contributed by atoms with Gasteiger partial charge < -0.3 is 4.55 Å². The zero-order chi connectivity index (χ0) is 7.56. The highest BCUT2D eigenvalue weighted by molar-refractivity contribution is 7.79. The molecule has 58 valence electrons. The van der Waals surface area contributed by atoms with Crippen LogP contribution in [0.3, 0.4) is 0 Å². The Morgan fingerprint density at radius 1 is 1.80 bits per heavy atom. The number of hydrogen-bond acceptors (Lipinski definition) is 1. The van der Waals surface area contributed by atoms with E-state index in [-0.39, 0.29) is 0 Å². The van der Waals surface area contributed by atoms with Crippen LogP contribution in [-0.4, -0.2) is 14.5 Å². The van der Waals surface area contributed by atoms with Crippen LogP contribution in [0, 0.1) is 11.8 Å². The molecule has 0 heterocycles. The first-order chi connectivity index (χ1) is 4.74. The van der Waals surface area contributed by atoms with E-state index in [2.05, 4.69) is 6.08 Å². The molecule has 3 heteroatoms. The summed E-state index contributed by atoms with van der Waals surface area (Å²) in [5.41, 5.74) is 0. The van der Waals surface area contributed by atoms with Crippen molar-refractivity contribution in [2.24, 2.45) is 11.8 Å². The summed E-state index contributed by atoms with van der Waals surface area (Å²) in [7, 11) is 0. The second-order valence-corrected chi connectivity index (χ2v) is 3.65. The zero-order valence-corrected chi connectivity index (χ0v) is 6.80. The maximum atomic E-state index is 10.3. The van der Waals surface area contributed by atoms with Gasteiger partial charge in [0.1, 0.15) is 0 Å². The van der Waals surface area contributed by atoms with Crippen molar-refractivity contribution >= 4 is 11.1 Å². The van der Waals surface area contributed by atoms with Crippen molar-refractivity contribution in [1.82, 2.24) is 0 Å². The molecule has 0 bridgehead atoms. The molecule has 0 amide bonds. The van der Waals surface area contributed by atoms with Gasteiger partial charge in [0.25, 0.3) is 0 Å². The van der Waals surface area contributed by atoms with Crippen LogP contribution in [0.4, 0.5) is 0 Å². The lowest BCUT2D eigenvalue weighted by Gasteiger charge is -1.88. The minimum absolute atomic E-state index is 0.453. The lowest BCUT2D eigenvalue weighted by atomic mass is 10.3. The summed E-state index contributed by atoms with van der Waals surface area (Å²) in [6.07, 6.45) is 5.21. The predicted molar refractivity (Wildman–Crippen MR) is 42.0 cm³/mol. The highest BCUT2D eigenvalue weighted by Crippen LogP contribution is 2.39. The van der Waals surface area contributed by atoms with Gasteiger partial charge in [-0.15, -0.1) is 0 Å². The summed E-state index contributed by atoms with van der Waals surface area (Å²) < 4.78 is 18.8. The minimum atomic E-state index is -1.59. The molecule has 1 rings (SSSR count). The predicted octanol–water partition coefficient (Wildman–Crippen LogP) is 1.42. The van der Waals surface area contributed by atoms with E-state index in [0.717, 1.165) is 6.42 Å². The van der Waals surface area contributed by atoms with Crippen molar-refractivity contribution in [3.8, 4) is 0 Å². The van der Waals surface area contributed by atoms with Gasteiger partial charge >= 0.3 is 0 Å². The normalized spacial score (nSPS) is 34.6. The van der Waals surface area contributed by atoms with Crippen LogP contribution in [0.25, 0.3) is 0 Å². The number of hydrogen-bond donors (Lipinski definition) is 1. The van der Waals surface area contributed by atoms with Crippen LogP contribution >= 0.6 is 0 Å². The summed E-state index contributed by atoms with van der Waals surface area (Å²) in [6, 6.07) is 0. The van der Waals surface area contributed by atoms with Gasteiger partial charge in [-0.1, -0.05) is 12.2 Å². The highest BCUT2D eigenvalue weighted by atomic mass is 32.2. The average molecular weight is 160 g/mol. The van der Waals surface area contributed by atoms with Gasteiger partial charge in [-0.3, -0.25) is 0 Å². The molecular weight excluding hydrogens is 148 g/mol. The molecular formula is C7H12O2S. The molecule has 2 nitrogen and oxygen atoms in total. The average Bonchev–Trinajstić information content (AvgIpc) is 2.47. The van der Waals surface area contributed by atoms with Gasteiger partial charge in [-0.25, -0.2) is 4.21 Å². The largest absolute Gasteiger partial charge is 0.306 e. The Balaban J connectivity index is 2.19. The summed E-state index contributed by atoms with van der Waals surface area (Å²) in [6.45, 7) is 1.98. The number of allylic oxidation sites excluding steroid dienone is 2. The van der Waals surface area contributed by atoms with Gasteiger partial charge in [0.2, 0.25) is 0 Å². The van der Waals surface area contributed by atoms with Gasteiger partial charge in [-0.2, -0.15) is 0 Å². The van der Waals surface area contributed by atoms with Gasteiger partial charge in [0, 0.05) is 0 Å². The summed E-state index contributed by atoms with van der Waals surface area (Å²) in [5.74, 6) is 1.51. The Morgan fingerprint density at radius 3 is 3.00 bits per heavy atom. The van der Waals surface area contributed by atoms with Crippen molar-refractivity contribution in [3.05, 3.63) is 12.2 Å². The standard InChI is InChI=1S/C7H12O2S/c1-2-3-6-4-7(6)5-10(8)9/h2-3,6-7H,4-5H2,1H3,(H,8,9)/b3-2+/t6-,7-/m1/s1. The maximum Gasteiger partial charge on any atom is 0.153 e. The van der Waals surface area contributed by atoms with Gasteiger partial charge in [0.05, 0.1) is 5.75 Å². The molecule has 0 spiro atoms. The Kier molecular flexibility index (Phi) is 2.63. The third-order valence-electron chi connectivity index (χ3n) is 1.77. The zero-order valence-electron chi connectivity index (χ0n) is 5.99. The van der Waals surface area contributed by atoms with Crippen molar-refractivity contribution in [1.29, 1.82) is 0 Å². The molecule has 1 N–H and O–H groups in total. The Bertz CT molecular complexity index is 165. The Morgan fingerprint density at radius 2 is 2.50 bits per heavy atom. The van der Waals surface area contributed by atoms with Gasteiger partial charge in [-0.05, 0) is 25.2 Å². The van der Waals surface area contributed by atoms with Crippen molar-refractivity contribution < 1.29 is 8.76 Å². The van der Waals surface area contributed by atoms with E-state index in [1.54, 1.807) is 0 Å². The fourth-order valence-corrected chi connectivity index (χ4v) is 1.88. The highest BCUT2D eigenvalue weighted by Gasteiger charge is 2.35. The van der Waals surface area contributed by atoms with E-state index in [1.807, 2.05) is 13.0 Å². The van der Waals surface area contributed by atoms with E-state index in [0.29, 0.717) is 17.6 Å². The first kappa shape index (κ1) is 7.95. The van der Waals surface area contributed by atoms with E-state index in [4.69, 9.17) is 4.55 Å². The quantitative estimate of drug-likeness (QED) is 0.501. The fraction of sp³-hybridized carbons (Fsp3) is 0.714.